The van der Waals surface area contributed by atoms with E-state index in [-0.39, 0.29) is 16.9 Å². The van der Waals surface area contributed by atoms with Crippen LogP contribution < -0.4 is 0 Å². The minimum atomic E-state index is -4.17. The van der Waals surface area contributed by atoms with E-state index in [0.29, 0.717) is 0 Å². The highest BCUT2D eigenvalue weighted by molar-refractivity contribution is 5.98. The zero-order chi connectivity index (χ0) is 7.49. The first kappa shape index (κ1) is 8.97. The van der Waals surface area contributed by atoms with Gasteiger partial charge in [0.1, 0.15) is 16.6 Å². The van der Waals surface area contributed by atoms with Crippen molar-refractivity contribution >= 4 is 10.5 Å². The number of alkyl halides is 3. The van der Waals surface area contributed by atoms with Crippen LogP contribution in [0, 0.1) is 0 Å². The third-order valence-electron chi connectivity index (χ3n) is 1.02. The largest absolute Gasteiger partial charge is 0.417 e. The topological polar surface area (TPSA) is 9.23 Å². The lowest BCUT2D eigenvalue weighted by atomic mass is 10.3. The molecule has 0 N–H and O–H groups in total. The SMILES string of the molecule is CCC(O[SiH3])C(F)(F)F. The van der Waals surface area contributed by atoms with E-state index in [0.717, 1.165) is 0 Å². The highest BCUT2D eigenvalue weighted by atomic mass is 28.2. The third-order valence-corrected chi connectivity index (χ3v) is 1.59. The number of rotatable bonds is 2. The van der Waals surface area contributed by atoms with Gasteiger partial charge in [0.05, 0.1) is 0 Å². The Bertz CT molecular complexity index is 78.4. The first-order chi connectivity index (χ1) is 4.02. The molecule has 0 radical (unpaired) electrons. The van der Waals surface area contributed by atoms with Gasteiger partial charge in [-0.2, -0.15) is 13.2 Å². The summed E-state index contributed by atoms with van der Waals surface area (Å²) in [5.41, 5.74) is 0. The van der Waals surface area contributed by atoms with Gasteiger partial charge in [0.25, 0.3) is 0 Å². The van der Waals surface area contributed by atoms with E-state index in [1.54, 1.807) is 0 Å². The maximum atomic E-state index is 11.6. The Morgan fingerprint density at radius 2 is 2.00 bits per heavy atom. The fourth-order valence-electron chi connectivity index (χ4n) is 0.532. The molecule has 0 aromatic heterocycles. The summed E-state index contributed by atoms with van der Waals surface area (Å²) >= 11 is 0. The molecule has 0 saturated heterocycles. The summed E-state index contributed by atoms with van der Waals surface area (Å²) in [6, 6.07) is 0. The molecule has 1 atom stereocenters. The van der Waals surface area contributed by atoms with Gasteiger partial charge >= 0.3 is 6.18 Å². The normalized spacial score (nSPS) is 16.0. The fraction of sp³-hybridized carbons (Fsp3) is 1.00. The van der Waals surface area contributed by atoms with E-state index in [1.807, 2.05) is 0 Å². The first-order valence-corrected chi connectivity index (χ1v) is 3.43. The predicted octanol–water partition coefficient (Wildman–Crippen LogP) is 0.624. The van der Waals surface area contributed by atoms with Crippen LogP contribution in [0.15, 0.2) is 0 Å². The first-order valence-electron chi connectivity index (χ1n) is 2.61. The quantitative estimate of drug-likeness (QED) is 0.535. The van der Waals surface area contributed by atoms with Gasteiger partial charge in [0.2, 0.25) is 0 Å². The molecular formula is C4H9F3OSi. The van der Waals surface area contributed by atoms with Crippen molar-refractivity contribution < 1.29 is 17.6 Å². The van der Waals surface area contributed by atoms with Crippen molar-refractivity contribution in [1.82, 2.24) is 0 Å². The minimum absolute atomic E-state index is 0.00694. The average Bonchev–Trinajstić information content (AvgIpc) is 1.65. The zero-order valence-corrected chi connectivity index (χ0v) is 7.33. The second-order valence-electron chi connectivity index (χ2n) is 1.67. The van der Waals surface area contributed by atoms with Crippen molar-refractivity contribution in [2.75, 3.05) is 0 Å². The Morgan fingerprint density at radius 3 is 2.00 bits per heavy atom. The van der Waals surface area contributed by atoms with Crippen molar-refractivity contribution in [1.29, 1.82) is 0 Å². The van der Waals surface area contributed by atoms with Gasteiger partial charge < -0.3 is 4.43 Å². The molecule has 0 aliphatic carbocycles. The van der Waals surface area contributed by atoms with Crippen LogP contribution in [0.3, 0.4) is 0 Å². The van der Waals surface area contributed by atoms with E-state index in [1.165, 1.54) is 6.92 Å². The Kier molecular flexibility index (Phi) is 3.20. The maximum absolute atomic E-state index is 11.6. The Morgan fingerprint density at radius 1 is 1.56 bits per heavy atom. The van der Waals surface area contributed by atoms with E-state index in [9.17, 15) is 13.2 Å². The molecule has 1 nitrogen and oxygen atoms in total. The monoisotopic (exact) mass is 158 g/mol. The molecule has 56 valence electrons. The molecule has 1 unspecified atom stereocenters. The molecule has 0 spiro atoms. The van der Waals surface area contributed by atoms with Crippen molar-refractivity contribution in [3.8, 4) is 0 Å². The lowest BCUT2D eigenvalue weighted by Crippen LogP contribution is -2.30. The van der Waals surface area contributed by atoms with Crippen molar-refractivity contribution in [3.05, 3.63) is 0 Å². The summed E-state index contributed by atoms with van der Waals surface area (Å²) in [6.45, 7) is 1.45. The molecule has 0 aromatic rings. The molecule has 0 aromatic carbocycles. The van der Waals surface area contributed by atoms with E-state index in [4.69, 9.17) is 0 Å². The number of hydrogen-bond donors (Lipinski definition) is 0. The van der Waals surface area contributed by atoms with Gasteiger partial charge in [-0.15, -0.1) is 0 Å². The Balaban J connectivity index is 3.79. The van der Waals surface area contributed by atoms with Gasteiger partial charge in [-0.25, -0.2) is 0 Å². The molecular weight excluding hydrogens is 149 g/mol. The van der Waals surface area contributed by atoms with Crippen molar-refractivity contribution in [2.24, 2.45) is 0 Å². The van der Waals surface area contributed by atoms with E-state index >= 15 is 0 Å². The van der Waals surface area contributed by atoms with Gasteiger partial charge in [-0.3, -0.25) is 0 Å². The summed E-state index contributed by atoms with van der Waals surface area (Å²) in [5.74, 6) is 0. The maximum Gasteiger partial charge on any atom is 0.413 e. The molecule has 0 heterocycles. The van der Waals surface area contributed by atoms with Gasteiger partial charge in [-0.1, -0.05) is 6.92 Å². The second kappa shape index (κ2) is 3.22. The van der Waals surface area contributed by atoms with Crippen LogP contribution in [0.5, 0.6) is 0 Å². The van der Waals surface area contributed by atoms with Gasteiger partial charge in [0.15, 0.2) is 0 Å². The van der Waals surface area contributed by atoms with Gasteiger partial charge in [-0.05, 0) is 6.42 Å². The zero-order valence-electron chi connectivity index (χ0n) is 5.33. The van der Waals surface area contributed by atoms with Crippen molar-refractivity contribution in [3.63, 3.8) is 0 Å². The van der Waals surface area contributed by atoms with Gasteiger partial charge in [0, 0.05) is 0 Å². The molecule has 0 rings (SSSR count). The molecule has 9 heavy (non-hydrogen) atoms. The molecule has 0 saturated carbocycles. The summed E-state index contributed by atoms with van der Waals surface area (Å²) in [4.78, 5) is 0. The summed E-state index contributed by atoms with van der Waals surface area (Å²) in [6.07, 6.45) is -5.70. The van der Waals surface area contributed by atoms with Crippen LogP contribution in [0.25, 0.3) is 0 Å². The standard InChI is InChI=1S/C4H9F3OSi/c1-2-3(8-9)4(5,6)7/h3H,2H2,1,9H3. The molecule has 0 aliphatic heterocycles. The summed E-state index contributed by atoms with van der Waals surface area (Å²) in [7, 11) is 0.143. The number of hydrogen-bond acceptors (Lipinski definition) is 1. The van der Waals surface area contributed by atoms with Crippen LogP contribution in [-0.2, 0) is 4.43 Å². The second-order valence-corrected chi connectivity index (χ2v) is 2.15. The Hall–Kier alpha value is -0.0331. The summed E-state index contributed by atoms with van der Waals surface area (Å²) < 4.78 is 39.1. The van der Waals surface area contributed by atoms with Crippen LogP contribution >= 0.6 is 0 Å². The molecule has 5 heteroatoms. The molecule has 0 fully saturated rings. The van der Waals surface area contributed by atoms with Crippen molar-refractivity contribution in [2.45, 2.75) is 25.6 Å². The third kappa shape index (κ3) is 2.86. The van der Waals surface area contributed by atoms with Crippen LogP contribution in [0.1, 0.15) is 13.3 Å². The Labute approximate surface area is 54.7 Å². The van der Waals surface area contributed by atoms with E-state index < -0.39 is 12.3 Å². The highest BCUT2D eigenvalue weighted by Crippen LogP contribution is 2.23. The smallest absolute Gasteiger partial charge is 0.413 e. The minimum Gasteiger partial charge on any atom is -0.417 e. The lowest BCUT2D eigenvalue weighted by Gasteiger charge is -2.16. The average molecular weight is 158 g/mol. The van der Waals surface area contributed by atoms with Crippen LogP contribution in [-0.4, -0.2) is 22.8 Å². The lowest BCUT2D eigenvalue weighted by molar-refractivity contribution is -0.194. The molecule has 0 amide bonds. The van der Waals surface area contributed by atoms with Crippen LogP contribution in [0.4, 0.5) is 13.2 Å². The number of halogens is 3. The summed E-state index contributed by atoms with van der Waals surface area (Å²) in [5, 5.41) is 0. The fourth-order valence-corrected chi connectivity index (χ4v) is 1.13. The molecule has 0 aliphatic rings. The molecule has 0 bridgehead atoms. The van der Waals surface area contributed by atoms with E-state index in [2.05, 4.69) is 4.43 Å². The highest BCUT2D eigenvalue weighted by Gasteiger charge is 2.37. The predicted molar refractivity (Wildman–Crippen MR) is 31.2 cm³/mol. The van der Waals surface area contributed by atoms with Crippen LogP contribution in [0.2, 0.25) is 0 Å².